The maximum absolute atomic E-state index is 12.4. The lowest BCUT2D eigenvalue weighted by molar-refractivity contribution is -0.150. The molecule has 2 aliphatic rings. The van der Waals surface area contributed by atoms with Crippen LogP contribution in [0.2, 0.25) is 0 Å². The van der Waals surface area contributed by atoms with E-state index in [9.17, 15) is 32.7 Å². The predicted molar refractivity (Wildman–Crippen MR) is 100 cm³/mol. The number of carboxylic acid groups (broad SMARTS) is 1. The van der Waals surface area contributed by atoms with E-state index >= 15 is 0 Å². The summed E-state index contributed by atoms with van der Waals surface area (Å²) in [6.07, 6.45) is 0. The fraction of sp³-hybridized carbons (Fsp3) is 0.500. The molecule has 2 atom stereocenters. The first-order valence-corrected chi connectivity index (χ1v) is 11.0. The molecule has 0 aromatic carbocycles. The molecule has 1 saturated heterocycles. The first kappa shape index (κ1) is 21.8. The monoisotopic (exact) mass is 469 g/mol. The van der Waals surface area contributed by atoms with Crippen LogP contribution in [0.5, 0.6) is 0 Å². The zero-order chi connectivity index (χ0) is 21.3. The van der Waals surface area contributed by atoms with Crippen molar-refractivity contribution in [1.29, 1.82) is 0 Å². The topological polar surface area (TPSA) is 128 Å². The van der Waals surface area contributed by atoms with Gasteiger partial charge in [-0.1, -0.05) is 11.8 Å². The van der Waals surface area contributed by atoms with Gasteiger partial charge in [0.25, 0.3) is 5.91 Å². The summed E-state index contributed by atoms with van der Waals surface area (Å²) in [6, 6.07) is -1.06. The van der Waals surface area contributed by atoms with Gasteiger partial charge in [0.15, 0.2) is 0 Å². The SMILES string of the molecule is Cc1nc(SCC2=C(C(=O)O)N3C(=O)C(NC(=O)CSC(F)(F)F)[C@@H]3SC2)n[nH]1. The number of amides is 2. The van der Waals surface area contributed by atoms with E-state index in [1.807, 2.05) is 0 Å². The highest BCUT2D eigenvalue weighted by Gasteiger charge is 2.54. The number of β-lactam (4-membered cyclic amide) rings is 1. The third-order valence-electron chi connectivity index (χ3n) is 3.89. The molecule has 0 aliphatic carbocycles. The number of carboxylic acids is 1. The van der Waals surface area contributed by atoms with Crippen LogP contribution in [0.1, 0.15) is 5.82 Å². The van der Waals surface area contributed by atoms with Gasteiger partial charge in [0.05, 0.1) is 5.75 Å². The van der Waals surface area contributed by atoms with Gasteiger partial charge in [0, 0.05) is 11.5 Å². The van der Waals surface area contributed by atoms with E-state index in [-0.39, 0.29) is 17.2 Å². The van der Waals surface area contributed by atoms with Crippen molar-refractivity contribution in [2.75, 3.05) is 17.3 Å². The molecule has 3 N–H and O–H groups in total. The highest BCUT2D eigenvalue weighted by molar-refractivity contribution is 8.01. The lowest BCUT2D eigenvalue weighted by Gasteiger charge is -2.49. The van der Waals surface area contributed by atoms with E-state index in [2.05, 4.69) is 20.5 Å². The molecule has 2 amide bonds. The van der Waals surface area contributed by atoms with E-state index in [1.165, 1.54) is 23.5 Å². The lowest BCUT2D eigenvalue weighted by atomic mass is 10.0. The lowest BCUT2D eigenvalue weighted by Crippen LogP contribution is -2.70. The molecule has 9 nitrogen and oxygen atoms in total. The Morgan fingerprint density at radius 1 is 1.45 bits per heavy atom. The van der Waals surface area contributed by atoms with Crippen LogP contribution in [0.25, 0.3) is 0 Å². The summed E-state index contributed by atoms with van der Waals surface area (Å²) in [4.78, 5) is 41.0. The van der Waals surface area contributed by atoms with E-state index in [4.69, 9.17) is 0 Å². The molecule has 1 aromatic heterocycles. The molecule has 0 spiro atoms. The van der Waals surface area contributed by atoms with Crippen molar-refractivity contribution >= 4 is 53.1 Å². The molecule has 1 aromatic rings. The number of nitrogens with zero attached hydrogens (tertiary/aromatic N) is 3. The average molecular weight is 469 g/mol. The highest BCUT2D eigenvalue weighted by atomic mass is 32.2. The highest BCUT2D eigenvalue weighted by Crippen LogP contribution is 2.41. The zero-order valence-corrected chi connectivity index (χ0v) is 17.1. The van der Waals surface area contributed by atoms with Crippen LogP contribution in [0.3, 0.4) is 0 Å². The zero-order valence-electron chi connectivity index (χ0n) is 14.6. The molecular weight excluding hydrogens is 455 g/mol. The molecule has 29 heavy (non-hydrogen) atoms. The standard InChI is InChI=1S/C14H14F3N5O4S3/c1-5-18-13(21-20-5)28-3-6-2-27-11-8(10(24)22(11)9(6)12(25)26)19-7(23)4-29-14(15,16)17/h8,11H,2-4H2,1H3,(H,19,23)(H,25,26)(H,18,20,21)/t8?,11-/m0/s1. The number of hydrogen-bond donors (Lipinski definition) is 3. The summed E-state index contributed by atoms with van der Waals surface area (Å²) in [5, 5.41) is 18.2. The van der Waals surface area contributed by atoms with Crippen LogP contribution in [0.4, 0.5) is 13.2 Å². The maximum atomic E-state index is 12.4. The van der Waals surface area contributed by atoms with E-state index in [1.54, 1.807) is 6.92 Å². The molecule has 0 saturated carbocycles. The molecule has 1 fully saturated rings. The van der Waals surface area contributed by atoms with Gasteiger partial charge in [0.1, 0.15) is 22.9 Å². The molecular formula is C14H14F3N5O4S3. The van der Waals surface area contributed by atoms with Crippen molar-refractivity contribution in [3.63, 3.8) is 0 Å². The van der Waals surface area contributed by atoms with Crippen LogP contribution in [0.15, 0.2) is 16.4 Å². The molecule has 2 aliphatic heterocycles. The largest absolute Gasteiger partial charge is 0.477 e. The number of aliphatic carboxylic acids is 1. The Labute approximate surface area is 174 Å². The molecule has 0 radical (unpaired) electrons. The van der Waals surface area contributed by atoms with Crippen LogP contribution in [-0.4, -0.2) is 77.2 Å². The van der Waals surface area contributed by atoms with Crippen molar-refractivity contribution < 1.29 is 32.7 Å². The number of hydrogen-bond acceptors (Lipinski definition) is 8. The predicted octanol–water partition coefficient (Wildman–Crippen LogP) is 1.20. The van der Waals surface area contributed by atoms with Crippen LogP contribution in [-0.2, 0) is 14.4 Å². The molecule has 3 rings (SSSR count). The van der Waals surface area contributed by atoms with Gasteiger partial charge >= 0.3 is 11.5 Å². The number of alkyl halides is 3. The number of halogens is 3. The Balaban J connectivity index is 1.66. The summed E-state index contributed by atoms with van der Waals surface area (Å²) >= 11 is 1.95. The summed E-state index contributed by atoms with van der Waals surface area (Å²) in [7, 11) is 0. The van der Waals surface area contributed by atoms with Crippen molar-refractivity contribution in [3.8, 4) is 0 Å². The van der Waals surface area contributed by atoms with Gasteiger partial charge in [-0.2, -0.15) is 13.2 Å². The first-order valence-electron chi connectivity index (χ1n) is 7.98. The summed E-state index contributed by atoms with van der Waals surface area (Å²) in [5.74, 6) is -2.61. The molecule has 15 heteroatoms. The number of carbonyl (C=O) groups excluding carboxylic acids is 2. The molecule has 0 bridgehead atoms. The van der Waals surface area contributed by atoms with Crippen molar-refractivity contribution in [1.82, 2.24) is 25.4 Å². The van der Waals surface area contributed by atoms with E-state index in [0.29, 0.717) is 16.6 Å². The Morgan fingerprint density at radius 2 is 2.17 bits per heavy atom. The van der Waals surface area contributed by atoms with Crippen LogP contribution < -0.4 is 5.32 Å². The number of aryl methyl sites for hydroxylation is 1. The second-order valence-electron chi connectivity index (χ2n) is 5.94. The van der Waals surface area contributed by atoms with Gasteiger partial charge in [-0.15, -0.1) is 16.9 Å². The average Bonchev–Trinajstić information content (AvgIpc) is 3.06. The van der Waals surface area contributed by atoms with Crippen molar-refractivity contribution in [2.24, 2.45) is 0 Å². The second kappa shape index (κ2) is 8.47. The third-order valence-corrected chi connectivity index (χ3v) is 6.89. The Bertz CT molecular complexity index is 875. The van der Waals surface area contributed by atoms with Crippen molar-refractivity contribution in [2.45, 2.75) is 29.0 Å². The number of thioether (sulfide) groups is 3. The number of rotatable bonds is 7. The number of nitrogens with one attached hydrogen (secondary N) is 2. The summed E-state index contributed by atoms with van der Waals surface area (Å²) < 4.78 is 36.6. The smallest absolute Gasteiger partial charge is 0.442 e. The Hall–Kier alpha value is -1.87. The van der Waals surface area contributed by atoms with Gasteiger partial charge in [-0.3, -0.25) is 19.6 Å². The molecule has 3 heterocycles. The minimum atomic E-state index is -4.56. The van der Waals surface area contributed by atoms with Gasteiger partial charge in [-0.05, 0) is 24.3 Å². The van der Waals surface area contributed by atoms with E-state index < -0.39 is 52.2 Å². The van der Waals surface area contributed by atoms with Gasteiger partial charge < -0.3 is 10.4 Å². The fourth-order valence-corrected chi connectivity index (χ4v) is 5.40. The quantitative estimate of drug-likeness (QED) is 0.399. The second-order valence-corrected chi connectivity index (χ2v) is 9.03. The maximum Gasteiger partial charge on any atom is 0.442 e. The minimum absolute atomic E-state index is 0.173. The molecule has 158 valence electrons. The van der Waals surface area contributed by atoms with E-state index in [0.717, 1.165) is 4.90 Å². The summed E-state index contributed by atoms with van der Waals surface area (Å²) in [5.41, 5.74) is -4.23. The third kappa shape index (κ3) is 5.01. The van der Waals surface area contributed by atoms with Crippen LogP contribution >= 0.6 is 35.3 Å². The number of fused-ring (bicyclic) bond motifs is 1. The Kier molecular flexibility index (Phi) is 6.38. The fourth-order valence-electron chi connectivity index (χ4n) is 2.70. The number of H-pyrrole nitrogens is 1. The first-order chi connectivity index (χ1) is 13.6. The van der Waals surface area contributed by atoms with Crippen LogP contribution in [0, 0.1) is 6.92 Å². The normalized spacial score (nSPS) is 21.7. The Morgan fingerprint density at radius 3 is 2.76 bits per heavy atom. The summed E-state index contributed by atoms with van der Waals surface area (Å²) in [6.45, 7) is 1.72. The number of aromatic nitrogens is 3. The minimum Gasteiger partial charge on any atom is -0.477 e. The molecule has 1 unspecified atom stereocenters. The van der Waals surface area contributed by atoms with Gasteiger partial charge in [-0.25, -0.2) is 9.78 Å². The number of aromatic amines is 1. The number of carbonyl (C=O) groups is 3. The van der Waals surface area contributed by atoms with Gasteiger partial charge in [0.2, 0.25) is 11.1 Å². The van der Waals surface area contributed by atoms with Crippen molar-refractivity contribution in [3.05, 3.63) is 17.1 Å².